The Hall–Kier alpha value is -3.02. The zero-order valence-electron chi connectivity index (χ0n) is 17.9. The maximum atomic E-state index is 12.5. The fraction of sp³-hybridized carbons (Fsp3) is 0.417. The smallest absolute Gasteiger partial charge is 0.227 e. The molecule has 30 heavy (non-hydrogen) atoms. The van der Waals surface area contributed by atoms with Crippen molar-refractivity contribution >= 4 is 17.5 Å². The number of anilines is 1. The van der Waals surface area contributed by atoms with Gasteiger partial charge in [-0.3, -0.25) is 9.59 Å². The molecule has 0 spiro atoms. The van der Waals surface area contributed by atoms with E-state index in [2.05, 4.69) is 10.6 Å². The largest absolute Gasteiger partial charge is 0.490 e. The number of fused-ring (bicyclic) bond motifs is 1. The van der Waals surface area contributed by atoms with Crippen molar-refractivity contribution in [3.8, 4) is 11.5 Å². The first-order valence-electron chi connectivity index (χ1n) is 10.6. The average Bonchev–Trinajstić information content (AvgIpc) is 2.73. The van der Waals surface area contributed by atoms with Gasteiger partial charge in [-0.1, -0.05) is 24.3 Å². The first kappa shape index (κ1) is 21.7. The van der Waals surface area contributed by atoms with Crippen LogP contribution in [0.2, 0.25) is 0 Å². The molecule has 0 saturated heterocycles. The third-order valence-electron chi connectivity index (χ3n) is 5.28. The van der Waals surface area contributed by atoms with Gasteiger partial charge in [-0.05, 0) is 62.9 Å². The second-order valence-corrected chi connectivity index (χ2v) is 7.45. The molecule has 0 saturated carbocycles. The first-order valence-corrected chi connectivity index (χ1v) is 10.6. The predicted octanol–water partition coefficient (Wildman–Crippen LogP) is 4.25. The molecular weight excluding hydrogens is 380 g/mol. The minimum absolute atomic E-state index is 0.0117. The number of benzene rings is 2. The van der Waals surface area contributed by atoms with Crippen LogP contribution in [0.15, 0.2) is 42.5 Å². The molecule has 1 aliphatic rings. The van der Waals surface area contributed by atoms with Crippen molar-refractivity contribution in [2.75, 3.05) is 18.5 Å². The lowest BCUT2D eigenvalue weighted by Gasteiger charge is -2.24. The molecule has 0 radical (unpaired) electrons. The normalized spacial score (nSPS) is 16.2. The van der Waals surface area contributed by atoms with Gasteiger partial charge in [-0.25, -0.2) is 0 Å². The van der Waals surface area contributed by atoms with Gasteiger partial charge in [0.1, 0.15) is 0 Å². The lowest BCUT2D eigenvalue weighted by Crippen LogP contribution is -2.32. The lowest BCUT2D eigenvalue weighted by molar-refractivity contribution is -0.123. The first-order chi connectivity index (χ1) is 14.5. The summed E-state index contributed by atoms with van der Waals surface area (Å²) < 4.78 is 11.3. The number of amides is 2. The Bertz CT molecular complexity index is 897. The summed E-state index contributed by atoms with van der Waals surface area (Å²) in [5, 5.41) is 5.96. The summed E-state index contributed by atoms with van der Waals surface area (Å²) in [5.74, 6) is 1.11. The van der Waals surface area contributed by atoms with Crippen LogP contribution in [0, 0.1) is 5.92 Å². The summed E-state index contributed by atoms with van der Waals surface area (Å²) in [7, 11) is 0. The summed E-state index contributed by atoms with van der Waals surface area (Å²) in [6.07, 6.45) is 1.49. The molecule has 2 amide bonds. The van der Waals surface area contributed by atoms with Gasteiger partial charge >= 0.3 is 0 Å². The molecule has 3 rings (SSSR count). The number of hydrogen-bond donors (Lipinski definition) is 2. The number of hydrogen-bond acceptors (Lipinski definition) is 4. The Morgan fingerprint density at radius 2 is 1.87 bits per heavy atom. The van der Waals surface area contributed by atoms with Crippen LogP contribution in [-0.2, 0) is 16.0 Å². The standard InChI is InChI=1S/C24H30N2O4/c1-4-29-21-12-10-17(15-22(21)30-5-2)16(3)25-23(27)13-11-19-14-18-8-6-7-9-20(18)26-24(19)28/h6-10,12,15-16,19H,4-5,11,13-14H2,1-3H3,(H,25,27)(H,26,28). The Labute approximate surface area is 178 Å². The highest BCUT2D eigenvalue weighted by Crippen LogP contribution is 2.31. The van der Waals surface area contributed by atoms with Crippen LogP contribution in [-0.4, -0.2) is 25.0 Å². The van der Waals surface area contributed by atoms with Gasteiger partial charge < -0.3 is 20.1 Å². The Morgan fingerprint density at radius 1 is 1.13 bits per heavy atom. The van der Waals surface area contributed by atoms with E-state index in [1.165, 1.54) is 0 Å². The van der Waals surface area contributed by atoms with Crippen molar-refractivity contribution < 1.29 is 19.1 Å². The van der Waals surface area contributed by atoms with E-state index in [-0.39, 0.29) is 23.8 Å². The monoisotopic (exact) mass is 410 g/mol. The Kier molecular flexibility index (Phi) is 7.33. The van der Waals surface area contributed by atoms with Crippen molar-refractivity contribution in [1.82, 2.24) is 5.32 Å². The Morgan fingerprint density at radius 3 is 2.63 bits per heavy atom. The van der Waals surface area contributed by atoms with E-state index in [0.29, 0.717) is 44.0 Å². The topological polar surface area (TPSA) is 76.7 Å². The van der Waals surface area contributed by atoms with Crippen LogP contribution in [0.3, 0.4) is 0 Å². The SMILES string of the molecule is CCOc1ccc(C(C)NC(=O)CCC2Cc3ccccc3NC2=O)cc1OCC. The summed E-state index contributed by atoms with van der Waals surface area (Å²) >= 11 is 0. The summed E-state index contributed by atoms with van der Waals surface area (Å²) in [6, 6.07) is 13.3. The molecule has 2 aromatic rings. The Balaban J connectivity index is 1.56. The van der Waals surface area contributed by atoms with Crippen molar-refractivity contribution in [3.05, 3.63) is 53.6 Å². The zero-order valence-corrected chi connectivity index (χ0v) is 17.9. The van der Waals surface area contributed by atoms with E-state index < -0.39 is 0 Å². The van der Waals surface area contributed by atoms with E-state index in [0.717, 1.165) is 16.8 Å². The van der Waals surface area contributed by atoms with Crippen LogP contribution >= 0.6 is 0 Å². The molecule has 160 valence electrons. The molecule has 1 heterocycles. The molecule has 6 heteroatoms. The summed E-state index contributed by atoms with van der Waals surface area (Å²) in [4.78, 5) is 24.8. The lowest BCUT2D eigenvalue weighted by atomic mass is 9.89. The van der Waals surface area contributed by atoms with Gasteiger partial charge in [-0.15, -0.1) is 0 Å². The van der Waals surface area contributed by atoms with Crippen molar-refractivity contribution in [2.24, 2.45) is 5.92 Å². The molecule has 2 N–H and O–H groups in total. The molecule has 1 aliphatic heterocycles. The highest BCUT2D eigenvalue weighted by atomic mass is 16.5. The van der Waals surface area contributed by atoms with Crippen LogP contribution in [0.25, 0.3) is 0 Å². The molecule has 6 nitrogen and oxygen atoms in total. The molecule has 0 fully saturated rings. The highest BCUT2D eigenvalue weighted by Gasteiger charge is 2.26. The second-order valence-electron chi connectivity index (χ2n) is 7.45. The van der Waals surface area contributed by atoms with Gasteiger partial charge in [0.25, 0.3) is 0 Å². The van der Waals surface area contributed by atoms with Gasteiger partial charge in [0.2, 0.25) is 11.8 Å². The molecule has 0 aliphatic carbocycles. The van der Waals surface area contributed by atoms with E-state index >= 15 is 0 Å². The van der Waals surface area contributed by atoms with Crippen LogP contribution in [0.1, 0.15) is 50.8 Å². The highest BCUT2D eigenvalue weighted by molar-refractivity contribution is 5.96. The number of para-hydroxylation sites is 1. The van der Waals surface area contributed by atoms with Crippen LogP contribution in [0.5, 0.6) is 11.5 Å². The van der Waals surface area contributed by atoms with Gasteiger partial charge in [0, 0.05) is 18.0 Å². The number of ether oxygens (including phenoxy) is 2. The molecule has 0 aromatic heterocycles. The predicted molar refractivity (Wildman–Crippen MR) is 117 cm³/mol. The van der Waals surface area contributed by atoms with Crippen LogP contribution in [0.4, 0.5) is 5.69 Å². The van der Waals surface area contributed by atoms with Gasteiger partial charge in [0.05, 0.1) is 19.3 Å². The zero-order chi connectivity index (χ0) is 21.5. The summed E-state index contributed by atoms with van der Waals surface area (Å²) in [6.45, 7) is 6.89. The molecule has 2 aromatic carbocycles. The second kappa shape index (κ2) is 10.1. The average molecular weight is 411 g/mol. The van der Waals surface area contributed by atoms with Crippen molar-refractivity contribution in [3.63, 3.8) is 0 Å². The number of carbonyl (C=O) groups is 2. The molecule has 2 atom stereocenters. The van der Waals surface area contributed by atoms with E-state index in [4.69, 9.17) is 9.47 Å². The maximum absolute atomic E-state index is 12.5. The third kappa shape index (κ3) is 5.32. The fourth-order valence-corrected chi connectivity index (χ4v) is 3.69. The van der Waals surface area contributed by atoms with Gasteiger partial charge in [-0.2, -0.15) is 0 Å². The van der Waals surface area contributed by atoms with Crippen molar-refractivity contribution in [1.29, 1.82) is 0 Å². The van der Waals surface area contributed by atoms with E-state index in [1.54, 1.807) is 0 Å². The minimum Gasteiger partial charge on any atom is -0.490 e. The summed E-state index contributed by atoms with van der Waals surface area (Å²) in [5.41, 5.74) is 2.94. The van der Waals surface area contributed by atoms with Gasteiger partial charge in [0.15, 0.2) is 11.5 Å². The van der Waals surface area contributed by atoms with Crippen molar-refractivity contribution in [2.45, 2.75) is 46.1 Å². The quantitative estimate of drug-likeness (QED) is 0.648. The van der Waals surface area contributed by atoms with E-state index in [9.17, 15) is 9.59 Å². The minimum atomic E-state index is -0.184. The third-order valence-corrected chi connectivity index (χ3v) is 5.28. The molecule has 0 bridgehead atoms. The number of carbonyl (C=O) groups excluding carboxylic acids is 2. The molecule has 2 unspecified atom stereocenters. The number of nitrogens with one attached hydrogen (secondary N) is 2. The number of rotatable bonds is 9. The maximum Gasteiger partial charge on any atom is 0.227 e. The molecular formula is C24H30N2O4. The van der Waals surface area contributed by atoms with Crippen LogP contribution < -0.4 is 20.1 Å². The fourth-order valence-electron chi connectivity index (χ4n) is 3.69. The van der Waals surface area contributed by atoms with E-state index in [1.807, 2.05) is 63.2 Å².